The average Bonchev–Trinajstić information content (AvgIpc) is 3.06. The Labute approximate surface area is 195 Å². The number of aliphatic hydroxyl groups is 2. The third-order valence-corrected chi connectivity index (χ3v) is 10.6. The van der Waals surface area contributed by atoms with E-state index in [0.717, 1.165) is 32.1 Å². The van der Waals surface area contributed by atoms with Gasteiger partial charge in [-0.25, -0.2) is 4.79 Å². The van der Waals surface area contributed by atoms with Crippen LogP contribution in [0.1, 0.15) is 92.4 Å². The van der Waals surface area contributed by atoms with Gasteiger partial charge < -0.3 is 20.3 Å². The normalized spacial score (nSPS) is 46.7. The number of carbonyl (C=O) groups excluding carboxylic acids is 1. The van der Waals surface area contributed by atoms with Crippen LogP contribution in [0.25, 0.3) is 0 Å². The van der Waals surface area contributed by atoms with Crippen LogP contribution in [0.4, 0.5) is 4.79 Å². The molecule has 4 aliphatic carbocycles. The molecule has 10 atom stereocenters. The second kappa shape index (κ2) is 9.09. The predicted molar refractivity (Wildman–Crippen MR) is 126 cm³/mol. The first-order chi connectivity index (χ1) is 15.1. The van der Waals surface area contributed by atoms with Crippen molar-refractivity contribution in [2.24, 2.45) is 46.3 Å². The Bertz CT molecular complexity index is 683. The lowest BCUT2D eigenvalue weighted by Crippen LogP contribution is -2.58. The molecule has 4 saturated carbocycles. The smallest absolute Gasteiger partial charge is 0.407 e. The molecule has 0 saturated heterocycles. The summed E-state index contributed by atoms with van der Waals surface area (Å²) in [5, 5.41) is 24.5. The molecule has 1 amide bonds. The van der Waals surface area contributed by atoms with Gasteiger partial charge in [-0.2, -0.15) is 0 Å². The quantitative estimate of drug-likeness (QED) is 0.543. The summed E-state index contributed by atoms with van der Waals surface area (Å²) in [5.74, 6) is 3.30. The third-order valence-electron chi connectivity index (χ3n) is 10.6. The van der Waals surface area contributed by atoms with Gasteiger partial charge in [-0.15, -0.1) is 0 Å². The van der Waals surface area contributed by atoms with E-state index >= 15 is 0 Å². The van der Waals surface area contributed by atoms with Crippen molar-refractivity contribution in [1.29, 1.82) is 0 Å². The summed E-state index contributed by atoms with van der Waals surface area (Å²) in [6.45, 7) is 11.8. The van der Waals surface area contributed by atoms with Gasteiger partial charge in [-0.3, -0.25) is 0 Å². The summed E-state index contributed by atoms with van der Waals surface area (Å²) in [6, 6.07) is 0. The first-order valence-electron chi connectivity index (χ1n) is 13.4. The summed E-state index contributed by atoms with van der Waals surface area (Å²) in [4.78, 5) is 11.8. The third kappa shape index (κ3) is 4.21. The Morgan fingerprint density at radius 2 is 1.69 bits per heavy atom. The number of ether oxygens (including phenoxy) is 1. The fourth-order valence-corrected chi connectivity index (χ4v) is 9.03. The molecular weight excluding hydrogens is 402 g/mol. The lowest BCUT2D eigenvalue weighted by atomic mass is 9.43. The highest BCUT2D eigenvalue weighted by Crippen LogP contribution is 2.68. The van der Waals surface area contributed by atoms with E-state index in [2.05, 4.69) is 26.1 Å². The van der Waals surface area contributed by atoms with E-state index in [0.29, 0.717) is 42.1 Å². The number of hydrogen-bond acceptors (Lipinski definition) is 4. The molecule has 0 spiro atoms. The number of amides is 1. The molecule has 0 bridgehead atoms. The van der Waals surface area contributed by atoms with E-state index in [-0.39, 0.29) is 35.2 Å². The van der Waals surface area contributed by atoms with Gasteiger partial charge in [-0.05, 0) is 118 Å². The van der Waals surface area contributed by atoms with Crippen molar-refractivity contribution in [1.82, 2.24) is 5.32 Å². The highest BCUT2D eigenvalue weighted by molar-refractivity contribution is 5.67. The monoisotopic (exact) mass is 449 g/mol. The molecule has 184 valence electrons. The van der Waals surface area contributed by atoms with Crippen molar-refractivity contribution in [2.45, 2.75) is 111 Å². The molecule has 0 aromatic carbocycles. The lowest BCUT2D eigenvalue weighted by molar-refractivity contribution is -0.174. The maximum Gasteiger partial charge on any atom is 0.407 e. The molecular formula is C27H47NO4. The Balaban J connectivity index is 1.42. The van der Waals surface area contributed by atoms with Crippen molar-refractivity contribution in [3.63, 3.8) is 0 Å². The van der Waals surface area contributed by atoms with E-state index in [1.807, 2.05) is 13.8 Å². The van der Waals surface area contributed by atoms with Crippen LogP contribution >= 0.6 is 0 Å². The Hall–Kier alpha value is -0.810. The van der Waals surface area contributed by atoms with Crippen LogP contribution in [0.2, 0.25) is 0 Å². The molecule has 4 rings (SSSR count). The highest BCUT2D eigenvalue weighted by atomic mass is 16.6. The van der Waals surface area contributed by atoms with E-state index in [4.69, 9.17) is 4.74 Å². The number of carbonyl (C=O) groups is 1. The van der Waals surface area contributed by atoms with Crippen molar-refractivity contribution >= 4 is 6.09 Å². The number of hydrogen-bond donors (Lipinski definition) is 3. The van der Waals surface area contributed by atoms with Crippen LogP contribution in [-0.4, -0.2) is 41.2 Å². The molecule has 0 aliphatic heterocycles. The standard InChI is InChI=1S/C27H47NO4/c1-16(2)32-25(31)28-13-10-17(3)20-6-7-21-24-22(9-12-27(20,21)5)26(4)11-8-19(29)14-18(26)15-23(24)30/h16-24,29-30H,6-15H2,1-5H3,(H,28,31)/t17-,18?,19-,20?,21+,22+,23-,24+,26+,27-/m1/s1. The summed E-state index contributed by atoms with van der Waals surface area (Å²) >= 11 is 0. The topological polar surface area (TPSA) is 78.8 Å². The number of alkyl carbamates (subject to hydrolysis) is 1. The van der Waals surface area contributed by atoms with Crippen molar-refractivity contribution < 1.29 is 19.7 Å². The molecule has 5 heteroatoms. The fraction of sp³-hybridized carbons (Fsp3) is 0.963. The average molecular weight is 450 g/mol. The van der Waals surface area contributed by atoms with Crippen molar-refractivity contribution in [3.05, 3.63) is 0 Å². The zero-order valence-corrected chi connectivity index (χ0v) is 21.0. The molecule has 2 unspecified atom stereocenters. The van der Waals surface area contributed by atoms with Crippen LogP contribution in [0.15, 0.2) is 0 Å². The molecule has 4 fully saturated rings. The van der Waals surface area contributed by atoms with Gasteiger partial charge in [0.05, 0.1) is 18.3 Å². The van der Waals surface area contributed by atoms with Crippen LogP contribution in [0.5, 0.6) is 0 Å². The van der Waals surface area contributed by atoms with Crippen molar-refractivity contribution in [2.75, 3.05) is 6.54 Å². The Morgan fingerprint density at radius 3 is 2.41 bits per heavy atom. The molecule has 4 aliphatic rings. The van der Waals surface area contributed by atoms with E-state index in [1.165, 1.54) is 25.7 Å². The van der Waals surface area contributed by atoms with E-state index in [9.17, 15) is 15.0 Å². The van der Waals surface area contributed by atoms with Gasteiger partial charge in [0.2, 0.25) is 0 Å². The molecule has 32 heavy (non-hydrogen) atoms. The van der Waals surface area contributed by atoms with Crippen LogP contribution < -0.4 is 5.32 Å². The maximum atomic E-state index is 11.8. The molecule has 0 radical (unpaired) electrons. The number of rotatable bonds is 5. The minimum Gasteiger partial charge on any atom is -0.447 e. The summed E-state index contributed by atoms with van der Waals surface area (Å²) in [7, 11) is 0. The molecule has 3 N–H and O–H groups in total. The van der Waals surface area contributed by atoms with Gasteiger partial charge in [0.25, 0.3) is 0 Å². The van der Waals surface area contributed by atoms with E-state index < -0.39 is 0 Å². The van der Waals surface area contributed by atoms with Gasteiger partial charge in [0.1, 0.15) is 0 Å². The molecule has 0 aromatic heterocycles. The zero-order chi connectivity index (χ0) is 23.3. The minimum absolute atomic E-state index is 0.0899. The number of fused-ring (bicyclic) bond motifs is 5. The second-order valence-electron chi connectivity index (χ2n) is 12.6. The SMILES string of the molecule is CC(C)OC(=O)NCC[C@@H](C)C1CC[C@H]2[C@@H]3[C@H](O)CC4C[C@H](O)CC[C@]4(C)[C@H]3CC[C@]12C. The Kier molecular flexibility index (Phi) is 6.91. The van der Waals surface area contributed by atoms with Gasteiger partial charge in [-0.1, -0.05) is 20.8 Å². The van der Waals surface area contributed by atoms with Crippen LogP contribution in [0, 0.1) is 46.3 Å². The predicted octanol–water partition coefficient (Wildman–Crippen LogP) is 5.14. The first kappa shape index (κ1) is 24.3. The summed E-state index contributed by atoms with van der Waals surface area (Å²) < 4.78 is 5.20. The highest BCUT2D eigenvalue weighted by Gasteiger charge is 2.62. The molecule has 0 heterocycles. The largest absolute Gasteiger partial charge is 0.447 e. The minimum atomic E-state index is -0.311. The zero-order valence-electron chi connectivity index (χ0n) is 21.0. The summed E-state index contributed by atoms with van der Waals surface area (Å²) in [5.41, 5.74) is 0.576. The lowest BCUT2D eigenvalue weighted by Gasteiger charge is -2.62. The van der Waals surface area contributed by atoms with Crippen LogP contribution in [0.3, 0.4) is 0 Å². The first-order valence-corrected chi connectivity index (χ1v) is 13.4. The van der Waals surface area contributed by atoms with Gasteiger partial charge >= 0.3 is 6.09 Å². The van der Waals surface area contributed by atoms with Gasteiger partial charge in [0.15, 0.2) is 0 Å². The van der Waals surface area contributed by atoms with Crippen molar-refractivity contribution in [3.8, 4) is 0 Å². The fourth-order valence-electron chi connectivity index (χ4n) is 9.03. The summed E-state index contributed by atoms with van der Waals surface area (Å²) in [6.07, 6.45) is 8.96. The van der Waals surface area contributed by atoms with Crippen LogP contribution in [-0.2, 0) is 4.74 Å². The number of nitrogens with one attached hydrogen (secondary N) is 1. The second-order valence-corrected chi connectivity index (χ2v) is 12.6. The Morgan fingerprint density at radius 1 is 1.00 bits per heavy atom. The van der Waals surface area contributed by atoms with E-state index in [1.54, 1.807) is 0 Å². The molecule has 5 nitrogen and oxygen atoms in total. The number of aliphatic hydroxyl groups excluding tert-OH is 2. The molecule has 0 aromatic rings. The maximum absolute atomic E-state index is 11.8. The van der Waals surface area contributed by atoms with Gasteiger partial charge in [0, 0.05) is 6.54 Å².